The van der Waals surface area contributed by atoms with Gasteiger partial charge in [0.15, 0.2) is 0 Å². The number of hydrogen-bond acceptors (Lipinski definition) is 2. The molecule has 0 spiro atoms. The van der Waals surface area contributed by atoms with Gasteiger partial charge in [-0.3, -0.25) is 0 Å². The highest BCUT2D eigenvalue weighted by atomic mass is 15.1. The fourth-order valence-corrected chi connectivity index (χ4v) is 3.56. The summed E-state index contributed by atoms with van der Waals surface area (Å²) in [6.07, 6.45) is 15.7. The first kappa shape index (κ1) is 19.0. The molecule has 126 valence electrons. The van der Waals surface area contributed by atoms with Gasteiger partial charge in [0.1, 0.15) is 0 Å². The van der Waals surface area contributed by atoms with Crippen molar-refractivity contribution in [3.05, 3.63) is 0 Å². The van der Waals surface area contributed by atoms with Crippen molar-refractivity contribution in [3.8, 4) is 0 Å². The Bertz CT molecular complexity index is 230. The van der Waals surface area contributed by atoms with E-state index in [4.69, 9.17) is 0 Å². The molecule has 2 atom stereocenters. The van der Waals surface area contributed by atoms with E-state index in [0.29, 0.717) is 0 Å². The Morgan fingerprint density at radius 3 is 2.05 bits per heavy atom. The van der Waals surface area contributed by atoms with E-state index < -0.39 is 0 Å². The Kier molecular flexibility index (Phi) is 11.3. The summed E-state index contributed by atoms with van der Waals surface area (Å²) in [5.74, 6) is 0.812. The number of nitrogens with one attached hydrogen (secondary N) is 1. The van der Waals surface area contributed by atoms with E-state index in [1.54, 1.807) is 0 Å². The fraction of sp³-hybridized carbons (Fsp3) is 1.00. The highest BCUT2D eigenvalue weighted by molar-refractivity contribution is 4.81. The highest BCUT2D eigenvalue weighted by Crippen LogP contribution is 2.15. The zero-order chi connectivity index (χ0) is 15.3. The van der Waals surface area contributed by atoms with Crippen LogP contribution >= 0.6 is 0 Å². The zero-order valence-corrected chi connectivity index (χ0v) is 15.0. The lowest BCUT2D eigenvalue weighted by Crippen LogP contribution is -2.47. The monoisotopic (exact) mass is 296 g/mol. The molecule has 2 nitrogen and oxygen atoms in total. The molecule has 0 aromatic carbocycles. The average Bonchev–Trinajstić information content (AvgIpc) is 2.46. The molecule has 0 aliphatic carbocycles. The van der Waals surface area contributed by atoms with Crippen molar-refractivity contribution in [2.75, 3.05) is 26.7 Å². The van der Waals surface area contributed by atoms with Crippen molar-refractivity contribution < 1.29 is 0 Å². The molecule has 1 heterocycles. The topological polar surface area (TPSA) is 15.3 Å². The molecule has 1 N–H and O–H groups in total. The lowest BCUT2D eigenvalue weighted by molar-refractivity contribution is 0.175. The highest BCUT2D eigenvalue weighted by Gasteiger charge is 2.22. The number of rotatable bonds is 12. The second-order valence-corrected chi connectivity index (χ2v) is 7.27. The quantitative estimate of drug-likeness (QED) is 0.519. The minimum atomic E-state index is 0.764. The molecule has 1 aliphatic rings. The Morgan fingerprint density at radius 1 is 0.905 bits per heavy atom. The number of piperidine rings is 1. The van der Waals surface area contributed by atoms with Crippen LogP contribution < -0.4 is 5.32 Å². The molecule has 2 unspecified atom stereocenters. The van der Waals surface area contributed by atoms with Gasteiger partial charge in [0.05, 0.1) is 0 Å². The van der Waals surface area contributed by atoms with Crippen LogP contribution in [0.25, 0.3) is 0 Å². The first-order valence-corrected chi connectivity index (χ1v) is 9.66. The van der Waals surface area contributed by atoms with Crippen LogP contribution in [0, 0.1) is 5.92 Å². The molecule has 0 saturated carbocycles. The first-order valence-electron chi connectivity index (χ1n) is 9.66. The Hall–Kier alpha value is -0.0800. The largest absolute Gasteiger partial charge is 0.314 e. The summed E-state index contributed by atoms with van der Waals surface area (Å²) >= 11 is 0. The average molecular weight is 297 g/mol. The molecule has 0 aromatic heterocycles. The molecule has 1 rings (SSSR count). The van der Waals surface area contributed by atoms with Crippen molar-refractivity contribution >= 4 is 0 Å². The lowest BCUT2D eigenvalue weighted by atomic mass is 9.94. The molecule has 0 bridgehead atoms. The summed E-state index contributed by atoms with van der Waals surface area (Å²) in [5, 5.41) is 3.79. The third-order valence-electron chi connectivity index (χ3n) is 5.05. The summed E-state index contributed by atoms with van der Waals surface area (Å²) in [6.45, 7) is 8.44. The van der Waals surface area contributed by atoms with Crippen LogP contribution in [-0.4, -0.2) is 37.6 Å². The molecule has 1 saturated heterocycles. The molecule has 1 fully saturated rings. The molecule has 21 heavy (non-hydrogen) atoms. The van der Waals surface area contributed by atoms with Gasteiger partial charge in [-0.25, -0.2) is 0 Å². The van der Waals surface area contributed by atoms with Gasteiger partial charge in [-0.15, -0.1) is 0 Å². The van der Waals surface area contributed by atoms with Crippen LogP contribution in [0.1, 0.15) is 84.5 Å². The van der Waals surface area contributed by atoms with E-state index in [1.807, 2.05) is 0 Å². The summed E-state index contributed by atoms with van der Waals surface area (Å²) in [4.78, 5) is 2.46. The second kappa shape index (κ2) is 12.5. The normalized spacial score (nSPS) is 23.6. The summed E-state index contributed by atoms with van der Waals surface area (Å²) in [7, 11) is 2.25. The maximum Gasteiger partial charge on any atom is 0.0117 e. The van der Waals surface area contributed by atoms with Gasteiger partial charge in [0.2, 0.25) is 0 Å². The maximum atomic E-state index is 3.79. The second-order valence-electron chi connectivity index (χ2n) is 7.27. The zero-order valence-electron chi connectivity index (χ0n) is 15.0. The van der Waals surface area contributed by atoms with Crippen molar-refractivity contribution in [3.63, 3.8) is 0 Å². The first-order chi connectivity index (χ1) is 10.2. The molecule has 1 aliphatic heterocycles. The van der Waals surface area contributed by atoms with E-state index >= 15 is 0 Å². The van der Waals surface area contributed by atoms with Crippen LogP contribution in [0.15, 0.2) is 0 Å². The Balaban J connectivity index is 1.82. The molecular formula is C19H40N2. The third kappa shape index (κ3) is 9.52. The van der Waals surface area contributed by atoms with Gasteiger partial charge in [-0.05, 0) is 38.9 Å². The van der Waals surface area contributed by atoms with Crippen LogP contribution in [0.2, 0.25) is 0 Å². The van der Waals surface area contributed by atoms with Gasteiger partial charge in [-0.2, -0.15) is 0 Å². The lowest BCUT2D eigenvalue weighted by Gasteiger charge is -2.35. The van der Waals surface area contributed by atoms with Gasteiger partial charge in [0.25, 0.3) is 0 Å². The standard InChI is InChI=1S/C19H40N2/c1-4-5-6-7-8-9-10-11-12-13-15-20-19-14-16-21(3)17-18(19)2/h18-20H,4-17H2,1-3H3. The number of likely N-dealkylation sites (tertiary alicyclic amines) is 1. The minimum absolute atomic E-state index is 0.764. The van der Waals surface area contributed by atoms with Crippen molar-refractivity contribution in [1.82, 2.24) is 10.2 Å². The number of unbranched alkanes of at least 4 members (excludes halogenated alkanes) is 9. The molecule has 2 heteroatoms. The smallest absolute Gasteiger partial charge is 0.0117 e. The summed E-state index contributed by atoms with van der Waals surface area (Å²) < 4.78 is 0. The number of nitrogens with zero attached hydrogens (tertiary/aromatic N) is 1. The molecule has 0 aromatic rings. The van der Waals surface area contributed by atoms with Crippen molar-refractivity contribution in [1.29, 1.82) is 0 Å². The van der Waals surface area contributed by atoms with Gasteiger partial charge < -0.3 is 10.2 Å². The van der Waals surface area contributed by atoms with Gasteiger partial charge in [-0.1, -0.05) is 71.6 Å². The maximum absolute atomic E-state index is 3.79. The summed E-state index contributed by atoms with van der Waals surface area (Å²) in [6, 6.07) is 0.764. The summed E-state index contributed by atoms with van der Waals surface area (Å²) in [5.41, 5.74) is 0. The third-order valence-corrected chi connectivity index (χ3v) is 5.05. The van der Waals surface area contributed by atoms with Crippen molar-refractivity contribution in [2.24, 2.45) is 5.92 Å². The van der Waals surface area contributed by atoms with Gasteiger partial charge in [0, 0.05) is 12.6 Å². The SMILES string of the molecule is CCCCCCCCCCCCNC1CCN(C)CC1C. The van der Waals surface area contributed by atoms with E-state index in [1.165, 1.54) is 90.3 Å². The van der Waals surface area contributed by atoms with Gasteiger partial charge >= 0.3 is 0 Å². The fourth-order valence-electron chi connectivity index (χ4n) is 3.56. The van der Waals surface area contributed by atoms with Crippen LogP contribution in [-0.2, 0) is 0 Å². The van der Waals surface area contributed by atoms with E-state index in [-0.39, 0.29) is 0 Å². The van der Waals surface area contributed by atoms with E-state index in [2.05, 4.69) is 31.1 Å². The molecule has 0 radical (unpaired) electrons. The Labute approximate surface area is 134 Å². The number of hydrogen-bond donors (Lipinski definition) is 1. The van der Waals surface area contributed by atoms with Crippen LogP contribution in [0.4, 0.5) is 0 Å². The Morgan fingerprint density at radius 2 is 1.48 bits per heavy atom. The predicted octanol–water partition coefficient (Wildman–Crippen LogP) is 4.84. The van der Waals surface area contributed by atoms with E-state index in [0.717, 1.165) is 12.0 Å². The minimum Gasteiger partial charge on any atom is -0.314 e. The predicted molar refractivity (Wildman–Crippen MR) is 94.9 cm³/mol. The molecular weight excluding hydrogens is 256 g/mol. The van der Waals surface area contributed by atoms with Crippen molar-refractivity contribution in [2.45, 2.75) is 90.5 Å². The van der Waals surface area contributed by atoms with Crippen LogP contribution in [0.5, 0.6) is 0 Å². The molecule has 0 amide bonds. The van der Waals surface area contributed by atoms with E-state index in [9.17, 15) is 0 Å². The van der Waals surface area contributed by atoms with Crippen LogP contribution in [0.3, 0.4) is 0 Å².